The fourth-order valence-electron chi connectivity index (χ4n) is 1.76. The first-order valence-corrected chi connectivity index (χ1v) is 8.24. The number of carbonyl (C=O) groups excluding carboxylic acids is 1. The van der Waals surface area contributed by atoms with E-state index in [0.29, 0.717) is 0 Å². The van der Waals surface area contributed by atoms with Gasteiger partial charge in [-0.1, -0.05) is 25.1 Å². The molecule has 1 amide bonds. The number of carbonyl (C=O) groups is 2. The Kier molecular flexibility index (Phi) is 6.51. The molecule has 22 heavy (non-hydrogen) atoms. The van der Waals surface area contributed by atoms with Crippen LogP contribution in [0.15, 0.2) is 35.2 Å². The van der Waals surface area contributed by atoms with Crippen molar-refractivity contribution >= 4 is 21.9 Å². The highest BCUT2D eigenvalue weighted by atomic mass is 32.2. The summed E-state index contributed by atoms with van der Waals surface area (Å²) in [4.78, 5) is 24.0. The van der Waals surface area contributed by atoms with E-state index in [0.717, 1.165) is 0 Å². The fraction of sp³-hybridized carbons (Fsp3) is 0.429. The third-order valence-electron chi connectivity index (χ3n) is 3.08. The van der Waals surface area contributed by atoms with Crippen LogP contribution >= 0.6 is 0 Å². The first kappa shape index (κ1) is 18.1. The number of hydrogen-bond acceptors (Lipinski definition) is 4. The quantitative estimate of drug-likeness (QED) is 0.724. The summed E-state index contributed by atoms with van der Waals surface area (Å²) in [5.41, 5.74) is 0. The van der Waals surface area contributed by atoms with E-state index >= 15 is 0 Å². The minimum atomic E-state index is -3.63. The SMILES string of the molecule is CC(CN(C)C(=O)CCNS(=O)(=O)c1ccccc1)C(=O)O. The van der Waals surface area contributed by atoms with E-state index < -0.39 is 21.9 Å². The number of benzene rings is 1. The van der Waals surface area contributed by atoms with Gasteiger partial charge in [0.2, 0.25) is 15.9 Å². The summed E-state index contributed by atoms with van der Waals surface area (Å²) < 4.78 is 26.2. The Hall–Kier alpha value is -1.93. The van der Waals surface area contributed by atoms with Crippen LogP contribution in [0.25, 0.3) is 0 Å². The molecule has 7 nitrogen and oxygen atoms in total. The lowest BCUT2D eigenvalue weighted by Gasteiger charge is -2.19. The summed E-state index contributed by atoms with van der Waals surface area (Å²) >= 11 is 0. The predicted molar refractivity (Wildman–Crippen MR) is 80.7 cm³/mol. The maximum Gasteiger partial charge on any atom is 0.308 e. The zero-order valence-electron chi connectivity index (χ0n) is 12.5. The van der Waals surface area contributed by atoms with Crippen LogP contribution in [0.2, 0.25) is 0 Å². The van der Waals surface area contributed by atoms with Crippen LogP contribution in [-0.2, 0) is 19.6 Å². The first-order chi connectivity index (χ1) is 10.2. The summed E-state index contributed by atoms with van der Waals surface area (Å²) in [5.74, 6) is -1.97. The van der Waals surface area contributed by atoms with Gasteiger partial charge in [-0.25, -0.2) is 13.1 Å². The van der Waals surface area contributed by atoms with Crippen molar-refractivity contribution < 1.29 is 23.1 Å². The van der Waals surface area contributed by atoms with Crippen LogP contribution in [0.3, 0.4) is 0 Å². The molecule has 0 aliphatic carbocycles. The van der Waals surface area contributed by atoms with Crippen molar-refractivity contribution in [2.24, 2.45) is 5.92 Å². The highest BCUT2D eigenvalue weighted by molar-refractivity contribution is 7.89. The third-order valence-corrected chi connectivity index (χ3v) is 4.56. The molecule has 0 bridgehead atoms. The van der Waals surface area contributed by atoms with Gasteiger partial charge in [0.15, 0.2) is 0 Å². The Bertz CT molecular complexity index is 615. The zero-order valence-corrected chi connectivity index (χ0v) is 13.3. The Morgan fingerprint density at radius 1 is 1.27 bits per heavy atom. The lowest BCUT2D eigenvalue weighted by molar-refractivity contribution is -0.142. The van der Waals surface area contributed by atoms with E-state index in [9.17, 15) is 18.0 Å². The Morgan fingerprint density at radius 2 is 1.86 bits per heavy atom. The van der Waals surface area contributed by atoms with Gasteiger partial charge >= 0.3 is 5.97 Å². The summed E-state index contributed by atoms with van der Waals surface area (Å²) in [6.45, 7) is 1.55. The van der Waals surface area contributed by atoms with E-state index in [1.165, 1.54) is 31.0 Å². The molecule has 2 N–H and O–H groups in total. The van der Waals surface area contributed by atoms with E-state index in [4.69, 9.17) is 5.11 Å². The molecule has 0 radical (unpaired) electrons. The van der Waals surface area contributed by atoms with Crippen LogP contribution < -0.4 is 4.72 Å². The maximum atomic E-state index is 11.9. The number of sulfonamides is 1. The minimum Gasteiger partial charge on any atom is -0.481 e. The lowest BCUT2D eigenvalue weighted by Crippen LogP contribution is -2.36. The molecule has 8 heteroatoms. The molecule has 0 aliphatic heterocycles. The second kappa shape index (κ2) is 7.90. The van der Waals surface area contributed by atoms with Gasteiger partial charge in [-0.2, -0.15) is 0 Å². The highest BCUT2D eigenvalue weighted by Crippen LogP contribution is 2.07. The summed E-state index contributed by atoms with van der Waals surface area (Å²) in [6.07, 6.45) is -0.0328. The normalized spacial score (nSPS) is 12.6. The molecule has 0 saturated carbocycles. The Labute approximate surface area is 130 Å². The molecule has 0 saturated heterocycles. The molecule has 0 spiro atoms. The number of amides is 1. The number of nitrogens with zero attached hydrogens (tertiary/aromatic N) is 1. The van der Waals surface area contributed by atoms with Gasteiger partial charge in [-0.3, -0.25) is 9.59 Å². The fourth-order valence-corrected chi connectivity index (χ4v) is 2.81. The molecule has 1 atom stereocenters. The molecule has 1 aromatic rings. The summed E-state index contributed by atoms with van der Waals surface area (Å²) in [5, 5.41) is 8.79. The number of rotatable bonds is 8. The van der Waals surface area contributed by atoms with Gasteiger partial charge in [-0.15, -0.1) is 0 Å². The molecule has 1 rings (SSSR count). The smallest absolute Gasteiger partial charge is 0.308 e. The topological polar surface area (TPSA) is 104 Å². The van der Waals surface area contributed by atoms with E-state index in [-0.39, 0.29) is 30.3 Å². The molecule has 0 aliphatic rings. The number of aliphatic carboxylic acids is 1. The number of carboxylic acid groups (broad SMARTS) is 1. The molecule has 122 valence electrons. The first-order valence-electron chi connectivity index (χ1n) is 6.75. The van der Waals surface area contributed by atoms with E-state index in [1.54, 1.807) is 18.2 Å². The van der Waals surface area contributed by atoms with Gasteiger partial charge in [0.25, 0.3) is 0 Å². The van der Waals surface area contributed by atoms with Crippen molar-refractivity contribution in [1.82, 2.24) is 9.62 Å². The number of nitrogens with one attached hydrogen (secondary N) is 1. The van der Waals surface area contributed by atoms with Crippen LogP contribution in [0, 0.1) is 5.92 Å². The van der Waals surface area contributed by atoms with Crippen LogP contribution in [0.1, 0.15) is 13.3 Å². The lowest BCUT2D eigenvalue weighted by atomic mass is 10.2. The van der Waals surface area contributed by atoms with Crippen LogP contribution in [0.5, 0.6) is 0 Å². The highest BCUT2D eigenvalue weighted by Gasteiger charge is 2.18. The average molecular weight is 328 g/mol. The van der Waals surface area contributed by atoms with Crippen LogP contribution in [-0.4, -0.2) is 50.4 Å². The van der Waals surface area contributed by atoms with Crippen molar-refractivity contribution in [3.05, 3.63) is 30.3 Å². The average Bonchev–Trinajstić information content (AvgIpc) is 2.47. The van der Waals surface area contributed by atoms with Gasteiger partial charge in [0.1, 0.15) is 0 Å². The zero-order chi connectivity index (χ0) is 16.8. The second-order valence-electron chi connectivity index (χ2n) is 4.97. The maximum absolute atomic E-state index is 11.9. The van der Waals surface area contributed by atoms with Crippen molar-refractivity contribution in [3.8, 4) is 0 Å². The standard InChI is InChI=1S/C14H20N2O5S/c1-11(14(18)19)10-16(2)13(17)8-9-15-22(20,21)12-6-4-3-5-7-12/h3-7,11,15H,8-10H2,1-2H3,(H,18,19). The molecular formula is C14H20N2O5S. The number of carboxylic acids is 1. The van der Waals surface area contributed by atoms with Crippen molar-refractivity contribution in [2.45, 2.75) is 18.2 Å². The second-order valence-corrected chi connectivity index (χ2v) is 6.74. The van der Waals surface area contributed by atoms with Crippen LogP contribution in [0.4, 0.5) is 0 Å². The van der Waals surface area contributed by atoms with E-state index in [2.05, 4.69) is 4.72 Å². The summed E-state index contributed by atoms with van der Waals surface area (Å²) in [6, 6.07) is 7.86. The molecule has 1 unspecified atom stereocenters. The predicted octanol–water partition coefficient (Wildman–Crippen LogP) is 0.534. The monoisotopic (exact) mass is 328 g/mol. The molecule has 0 aromatic heterocycles. The van der Waals surface area contributed by atoms with Gasteiger partial charge in [0.05, 0.1) is 10.8 Å². The molecule has 0 fully saturated rings. The molecule has 1 aromatic carbocycles. The minimum absolute atomic E-state index is 0.0328. The number of hydrogen-bond donors (Lipinski definition) is 2. The van der Waals surface area contributed by atoms with Gasteiger partial charge in [-0.05, 0) is 12.1 Å². The van der Waals surface area contributed by atoms with Crippen molar-refractivity contribution in [3.63, 3.8) is 0 Å². The molecule has 0 heterocycles. The summed E-state index contributed by atoms with van der Waals surface area (Å²) in [7, 11) is -2.14. The van der Waals surface area contributed by atoms with Gasteiger partial charge in [0, 0.05) is 26.6 Å². The van der Waals surface area contributed by atoms with E-state index in [1.807, 2.05) is 0 Å². The Balaban J connectivity index is 2.47. The van der Waals surface area contributed by atoms with Crippen molar-refractivity contribution in [2.75, 3.05) is 20.1 Å². The van der Waals surface area contributed by atoms with Crippen molar-refractivity contribution in [1.29, 1.82) is 0 Å². The Morgan fingerprint density at radius 3 is 2.41 bits per heavy atom. The third kappa shape index (κ3) is 5.45. The largest absolute Gasteiger partial charge is 0.481 e. The molecular weight excluding hydrogens is 308 g/mol. The van der Waals surface area contributed by atoms with Gasteiger partial charge < -0.3 is 10.0 Å².